The predicted octanol–water partition coefficient (Wildman–Crippen LogP) is 11.5. The van der Waals surface area contributed by atoms with Crippen molar-refractivity contribution in [2.75, 3.05) is 156 Å². The van der Waals surface area contributed by atoms with Gasteiger partial charge in [-0.3, -0.25) is 14.7 Å². The molecule has 0 aliphatic carbocycles. The lowest BCUT2D eigenvalue weighted by atomic mass is 9.87. The van der Waals surface area contributed by atoms with E-state index in [0.717, 1.165) is 90.2 Å². The molecule has 0 radical (unpaired) electrons. The van der Waals surface area contributed by atoms with E-state index in [1.165, 1.54) is 128 Å². The van der Waals surface area contributed by atoms with E-state index < -0.39 is 11.6 Å². The number of aliphatic hydroxyl groups excluding tert-OH is 1. The molecule has 0 spiro atoms. The first-order valence-corrected chi connectivity index (χ1v) is 29.5. The Balaban J connectivity index is 0.000000249. The van der Waals surface area contributed by atoms with Gasteiger partial charge in [0.1, 0.15) is 0 Å². The van der Waals surface area contributed by atoms with Crippen molar-refractivity contribution in [3.05, 3.63) is 65.2 Å². The maximum Gasteiger partial charge on any atom is 0.159 e. The largest absolute Gasteiger partial charge is 0.393 e. The number of likely N-dealkylation sites (tertiary alicyclic amines) is 1. The van der Waals surface area contributed by atoms with E-state index in [-0.39, 0.29) is 16.9 Å². The van der Waals surface area contributed by atoms with Crippen molar-refractivity contribution < 1.29 is 23.4 Å². The summed E-state index contributed by atoms with van der Waals surface area (Å²) in [5, 5.41) is 9.35. The summed E-state index contributed by atoms with van der Waals surface area (Å²) in [7, 11) is 2.22. The number of likely N-dealkylation sites (N-methyl/N-ethyl adjacent to an activating group) is 1. The van der Waals surface area contributed by atoms with Crippen molar-refractivity contribution in [1.29, 1.82) is 0 Å². The van der Waals surface area contributed by atoms with Crippen LogP contribution in [-0.4, -0.2) is 197 Å². The van der Waals surface area contributed by atoms with Crippen LogP contribution in [0, 0.1) is 22.5 Å². The number of ether oxygens (including phenoxy) is 2. The average Bonchev–Trinajstić information content (AvgIpc) is 3.34. The molecule has 5 aliphatic rings. The number of hydrogen-bond acceptors (Lipinski definition) is 10. The number of unbranched alkanes of at least 4 members (excludes halogenated alkanes) is 1. The second-order valence-electron chi connectivity index (χ2n) is 27.6. The van der Waals surface area contributed by atoms with Crippen LogP contribution in [0.1, 0.15) is 160 Å². The summed E-state index contributed by atoms with van der Waals surface area (Å²) >= 11 is 0. The molecule has 0 aromatic heterocycles. The molecular weight excluding hydrogens is 941 g/mol. The fourth-order valence-corrected chi connectivity index (χ4v) is 9.74. The lowest BCUT2D eigenvalue weighted by molar-refractivity contribution is 0.0236. The molecule has 2 aromatic rings. The normalized spacial score (nSPS) is 19.9. The SMILES string of the molecule is CC(C)(C)CCCN1CCC(O)CC1.CC(C)(C)N1CCN(CCN2CCOCC2)CC1.CC(C)(C)c1ccc(F)c(F)c1.CC(C)(C)c1ccc(N2CCOCC2)cc1.CN1CCN(CCCCC(C)(C)C)CC1. The number of piperazine rings is 2. The Labute approximate surface area is 460 Å². The van der Waals surface area contributed by atoms with Gasteiger partial charge in [-0.05, 0) is 136 Å². The van der Waals surface area contributed by atoms with Crippen molar-refractivity contribution >= 4 is 5.69 Å². The van der Waals surface area contributed by atoms with Crippen molar-refractivity contribution in [3.8, 4) is 0 Å². The van der Waals surface area contributed by atoms with Crippen LogP contribution in [0.5, 0.6) is 0 Å². The van der Waals surface area contributed by atoms with Crippen LogP contribution in [0.4, 0.5) is 14.5 Å². The second-order valence-corrected chi connectivity index (χ2v) is 27.6. The smallest absolute Gasteiger partial charge is 0.159 e. The minimum absolute atomic E-state index is 0.0335. The molecule has 7 rings (SSSR count). The van der Waals surface area contributed by atoms with Crippen LogP contribution in [-0.2, 0) is 20.3 Å². The number of benzene rings is 2. The molecule has 5 fully saturated rings. The Morgan fingerprint density at radius 2 is 0.893 bits per heavy atom. The summed E-state index contributed by atoms with van der Waals surface area (Å²) < 4.78 is 36.0. The van der Waals surface area contributed by atoms with E-state index in [2.05, 4.69) is 149 Å². The van der Waals surface area contributed by atoms with E-state index in [9.17, 15) is 13.9 Å². The molecule has 5 saturated heterocycles. The van der Waals surface area contributed by atoms with Crippen molar-refractivity contribution in [2.45, 2.75) is 171 Å². The molecular formula is C63H115F2N7O3. The van der Waals surface area contributed by atoms with Gasteiger partial charge < -0.3 is 34.2 Å². The zero-order chi connectivity index (χ0) is 55.9. The minimum atomic E-state index is -0.789. The number of aliphatic hydroxyl groups is 1. The van der Waals surface area contributed by atoms with Crippen LogP contribution in [0.2, 0.25) is 0 Å². The number of piperidine rings is 1. The molecule has 10 nitrogen and oxygen atoms in total. The summed E-state index contributed by atoms with van der Waals surface area (Å²) in [6.07, 6.45) is 8.61. The van der Waals surface area contributed by atoms with Gasteiger partial charge in [-0.1, -0.05) is 108 Å². The average molecular weight is 1060 g/mol. The summed E-state index contributed by atoms with van der Waals surface area (Å²) in [6.45, 7) is 58.3. The minimum Gasteiger partial charge on any atom is -0.393 e. The summed E-state index contributed by atoms with van der Waals surface area (Å²) in [4.78, 5) is 17.6. The van der Waals surface area contributed by atoms with Gasteiger partial charge in [-0.2, -0.15) is 0 Å². The van der Waals surface area contributed by atoms with Gasteiger partial charge in [-0.25, -0.2) is 8.78 Å². The molecule has 5 heterocycles. The lowest BCUT2D eigenvalue weighted by Gasteiger charge is -2.42. The zero-order valence-electron chi connectivity index (χ0n) is 51.3. The molecule has 75 heavy (non-hydrogen) atoms. The second kappa shape index (κ2) is 32.7. The maximum atomic E-state index is 12.7. The molecule has 0 unspecified atom stereocenters. The maximum absolute atomic E-state index is 12.7. The number of rotatable bonds is 11. The zero-order valence-corrected chi connectivity index (χ0v) is 51.3. The molecule has 434 valence electrons. The Bertz CT molecular complexity index is 1780. The summed E-state index contributed by atoms with van der Waals surface area (Å²) in [6, 6.07) is 13.0. The summed E-state index contributed by atoms with van der Waals surface area (Å²) in [5.74, 6) is -1.56. The van der Waals surface area contributed by atoms with E-state index in [1.54, 1.807) is 6.07 Å². The molecule has 5 aliphatic heterocycles. The third-order valence-corrected chi connectivity index (χ3v) is 15.3. The Hall–Kier alpha value is -2.26. The Morgan fingerprint density at radius 1 is 0.467 bits per heavy atom. The van der Waals surface area contributed by atoms with Crippen LogP contribution in [0.15, 0.2) is 42.5 Å². The number of morpholine rings is 2. The van der Waals surface area contributed by atoms with E-state index in [4.69, 9.17) is 9.47 Å². The number of hydrogen-bond donors (Lipinski definition) is 1. The van der Waals surface area contributed by atoms with Crippen molar-refractivity contribution in [1.82, 2.24) is 29.4 Å². The highest BCUT2D eigenvalue weighted by Crippen LogP contribution is 2.27. The fraction of sp³-hybridized carbons (Fsp3) is 0.810. The van der Waals surface area contributed by atoms with Gasteiger partial charge in [0.25, 0.3) is 0 Å². The number of nitrogens with zero attached hydrogens (tertiary/aromatic N) is 7. The van der Waals surface area contributed by atoms with Crippen molar-refractivity contribution in [2.24, 2.45) is 10.8 Å². The first-order valence-electron chi connectivity index (χ1n) is 29.5. The van der Waals surface area contributed by atoms with Crippen LogP contribution >= 0.6 is 0 Å². The van der Waals surface area contributed by atoms with Gasteiger partial charge in [0, 0.05) is 116 Å². The van der Waals surface area contributed by atoms with Gasteiger partial charge in [0.05, 0.1) is 32.5 Å². The van der Waals surface area contributed by atoms with E-state index in [1.807, 2.05) is 20.8 Å². The predicted molar refractivity (Wildman–Crippen MR) is 316 cm³/mol. The van der Waals surface area contributed by atoms with Crippen LogP contribution < -0.4 is 4.90 Å². The standard InChI is InChI=1S/C14H29N3O.C14H21NO.C13H28N2.C12H25NO.C10H12F2/c1-14(2,3)17-8-6-15(7-9-17)4-5-16-10-12-18-13-11-16;1-14(2,3)12-4-6-13(7-5-12)15-8-10-16-11-9-15;1-13(2,3)7-5-6-8-15-11-9-14(4)10-12-15;1-12(2,3)7-4-8-13-9-5-11(14)6-10-13;1-10(2,3)7-4-5-8(11)9(12)6-7/h4-13H2,1-3H3;4-7H,8-11H2,1-3H3;5-12H2,1-4H3;11,14H,4-10H2,1-3H3;4-6H,1-3H3. The Kier molecular flexibility index (Phi) is 29.2. The first kappa shape index (κ1) is 67.0. The highest BCUT2D eigenvalue weighted by molar-refractivity contribution is 5.48. The molecule has 0 atom stereocenters. The van der Waals surface area contributed by atoms with E-state index in [0.29, 0.717) is 16.4 Å². The third kappa shape index (κ3) is 29.5. The van der Waals surface area contributed by atoms with Gasteiger partial charge in [0.2, 0.25) is 0 Å². The number of anilines is 1. The molecule has 1 N–H and O–H groups in total. The molecule has 2 aromatic carbocycles. The molecule has 0 bridgehead atoms. The van der Waals surface area contributed by atoms with Crippen LogP contribution in [0.3, 0.4) is 0 Å². The van der Waals surface area contributed by atoms with Gasteiger partial charge in [0.15, 0.2) is 11.6 Å². The van der Waals surface area contributed by atoms with Crippen molar-refractivity contribution in [3.63, 3.8) is 0 Å². The highest BCUT2D eigenvalue weighted by atomic mass is 19.2. The highest BCUT2D eigenvalue weighted by Gasteiger charge is 2.26. The topological polar surface area (TPSA) is 61.4 Å². The van der Waals surface area contributed by atoms with Crippen LogP contribution in [0.25, 0.3) is 0 Å². The molecule has 0 amide bonds. The molecule has 0 saturated carbocycles. The van der Waals surface area contributed by atoms with Gasteiger partial charge in [-0.15, -0.1) is 0 Å². The third-order valence-electron chi connectivity index (χ3n) is 15.3. The molecule has 12 heteroatoms. The quantitative estimate of drug-likeness (QED) is 0.220. The lowest BCUT2D eigenvalue weighted by Crippen LogP contribution is -2.54. The monoisotopic (exact) mass is 1060 g/mol. The number of halogens is 2. The summed E-state index contributed by atoms with van der Waals surface area (Å²) in [5.41, 5.74) is 4.94. The fourth-order valence-electron chi connectivity index (χ4n) is 9.74. The Morgan fingerprint density at radius 3 is 1.37 bits per heavy atom. The van der Waals surface area contributed by atoms with E-state index >= 15 is 0 Å². The first-order chi connectivity index (χ1) is 35.0. The van der Waals surface area contributed by atoms with Gasteiger partial charge >= 0.3 is 0 Å².